The van der Waals surface area contributed by atoms with Gasteiger partial charge in [0, 0.05) is 0 Å². The van der Waals surface area contributed by atoms with Crippen molar-refractivity contribution in [2.24, 2.45) is 0 Å². The van der Waals surface area contributed by atoms with Gasteiger partial charge in [0.15, 0.2) is 6.61 Å². The summed E-state index contributed by atoms with van der Waals surface area (Å²) in [6.45, 7) is -0.505. The van der Waals surface area contributed by atoms with Crippen LogP contribution in [0.2, 0.25) is 9.36 Å². The molecule has 0 aliphatic rings. The lowest BCUT2D eigenvalue weighted by atomic mass is 10.2. The van der Waals surface area contributed by atoms with Crippen LogP contribution in [0.3, 0.4) is 0 Å². The predicted molar refractivity (Wildman–Crippen MR) is 91.6 cm³/mol. The fourth-order valence-electron chi connectivity index (χ4n) is 1.69. The highest BCUT2D eigenvalue weighted by molar-refractivity contribution is 7.89. The van der Waals surface area contributed by atoms with Crippen molar-refractivity contribution in [3.8, 4) is 0 Å². The van der Waals surface area contributed by atoms with Crippen molar-refractivity contribution in [2.45, 2.75) is 4.90 Å². The molecule has 0 saturated heterocycles. The molecule has 128 valence electrons. The molecule has 0 spiro atoms. The van der Waals surface area contributed by atoms with Gasteiger partial charge in [-0.1, -0.05) is 23.2 Å². The van der Waals surface area contributed by atoms with Gasteiger partial charge in [0.25, 0.3) is 0 Å². The van der Waals surface area contributed by atoms with E-state index in [4.69, 9.17) is 27.9 Å². The maximum absolute atomic E-state index is 12.1. The third-order valence-corrected chi connectivity index (χ3v) is 5.93. The Morgan fingerprint density at radius 1 is 1.21 bits per heavy atom. The molecule has 2 aromatic rings. The molecule has 0 unspecified atom stereocenters. The van der Waals surface area contributed by atoms with E-state index in [9.17, 15) is 18.0 Å². The molecule has 1 heterocycles. The van der Waals surface area contributed by atoms with Crippen LogP contribution < -0.4 is 4.72 Å². The van der Waals surface area contributed by atoms with Crippen LogP contribution in [0.5, 0.6) is 0 Å². The molecule has 2 rings (SSSR count). The lowest BCUT2D eigenvalue weighted by Crippen LogP contribution is -2.19. The third-order valence-electron chi connectivity index (χ3n) is 2.92. The summed E-state index contributed by atoms with van der Waals surface area (Å²) in [5, 5.41) is 0.0154. The second kappa shape index (κ2) is 7.62. The first-order valence-corrected chi connectivity index (χ1v) is 9.49. The smallest absolute Gasteiger partial charge is 0.340 e. The van der Waals surface area contributed by atoms with E-state index in [1.165, 1.54) is 25.2 Å². The van der Waals surface area contributed by atoms with Crippen molar-refractivity contribution in [2.75, 3.05) is 13.7 Å². The zero-order valence-electron chi connectivity index (χ0n) is 12.2. The van der Waals surface area contributed by atoms with Gasteiger partial charge in [-0.25, -0.2) is 17.9 Å². The maximum Gasteiger partial charge on any atom is 0.340 e. The van der Waals surface area contributed by atoms with Gasteiger partial charge in [-0.15, -0.1) is 11.3 Å². The number of benzene rings is 1. The van der Waals surface area contributed by atoms with Gasteiger partial charge in [-0.3, -0.25) is 4.79 Å². The van der Waals surface area contributed by atoms with Gasteiger partial charge in [0.05, 0.1) is 24.7 Å². The maximum atomic E-state index is 12.1. The Balaban J connectivity index is 2.15. The fourth-order valence-corrected chi connectivity index (χ4v) is 3.61. The minimum absolute atomic E-state index is 0.0154. The molecule has 1 aromatic carbocycles. The van der Waals surface area contributed by atoms with E-state index >= 15 is 0 Å². The summed E-state index contributed by atoms with van der Waals surface area (Å²) < 4.78 is 31.0. The van der Waals surface area contributed by atoms with Crippen LogP contribution in [0.15, 0.2) is 35.2 Å². The largest absolute Gasteiger partial charge is 0.454 e. The van der Waals surface area contributed by atoms with Crippen LogP contribution in [0.1, 0.15) is 20.0 Å². The number of sulfonamides is 1. The Kier molecular flexibility index (Phi) is 6.00. The summed E-state index contributed by atoms with van der Waals surface area (Å²) in [5.41, 5.74) is -0.148. The number of rotatable bonds is 6. The van der Waals surface area contributed by atoms with Gasteiger partial charge < -0.3 is 4.74 Å². The Morgan fingerprint density at radius 2 is 1.92 bits per heavy atom. The number of thiophene rings is 1. The van der Waals surface area contributed by atoms with Crippen LogP contribution >= 0.6 is 34.5 Å². The van der Waals surface area contributed by atoms with Crippen LogP contribution in [-0.4, -0.2) is 33.8 Å². The highest BCUT2D eigenvalue weighted by Crippen LogP contribution is 2.23. The molecule has 1 aromatic heterocycles. The second-order valence-corrected chi connectivity index (χ2v) is 8.46. The number of hydrogen-bond acceptors (Lipinski definition) is 6. The summed E-state index contributed by atoms with van der Waals surface area (Å²) in [6.07, 6.45) is 0. The lowest BCUT2D eigenvalue weighted by molar-refractivity contribution is 0.0475. The molecule has 0 bridgehead atoms. The highest BCUT2D eigenvalue weighted by Gasteiger charge is 2.19. The molecule has 0 aliphatic heterocycles. The fraction of sp³-hybridized carbons (Fsp3) is 0.143. The molecule has 0 saturated carbocycles. The molecule has 6 nitrogen and oxygen atoms in total. The molecule has 1 N–H and O–H groups in total. The van der Waals surface area contributed by atoms with Crippen molar-refractivity contribution < 1.29 is 22.7 Å². The Labute approximate surface area is 152 Å². The average Bonchev–Trinajstić information content (AvgIpc) is 2.99. The number of ketones is 1. The zero-order valence-corrected chi connectivity index (χ0v) is 15.4. The molecule has 24 heavy (non-hydrogen) atoms. The van der Waals surface area contributed by atoms with E-state index in [1.807, 2.05) is 0 Å². The SMILES string of the molecule is CNS(=O)(=O)c1ccc(Cl)c(C(=O)OCC(=O)c2ccc(Cl)s2)c1. The molecule has 0 fully saturated rings. The normalized spacial score (nSPS) is 11.3. The average molecular weight is 408 g/mol. The van der Waals surface area contributed by atoms with E-state index in [0.717, 1.165) is 17.4 Å². The van der Waals surface area contributed by atoms with Crippen molar-refractivity contribution in [1.29, 1.82) is 0 Å². The molecule has 0 aliphatic carbocycles. The number of hydrogen-bond donors (Lipinski definition) is 1. The Bertz CT molecular complexity index is 892. The second-order valence-electron chi connectivity index (χ2n) is 4.45. The monoisotopic (exact) mass is 407 g/mol. The Morgan fingerprint density at radius 3 is 2.50 bits per heavy atom. The number of esters is 1. The summed E-state index contributed by atoms with van der Waals surface area (Å²) in [4.78, 5) is 24.2. The first-order valence-electron chi connectivity index (χ1n) is 6.43. The van der Waals surface area contributed by atoms with Crippen molar-refractivity contribution in [3.05, 3.63) is 50.1 Å². The number of Topliss-reactive ketones (excluding diaryl/α,β-unsaturated/α-hetero) is 1. The van der Waals surface area contributed by atoms with E-state index in [-0.39, 0.29) is 15.5 Å². The van der Waals surface area contributed by atoms with Gasteiger partial charge in [0.1, 0.15) is 0 Å². The van der Waals surface area contributed by atoms with E-state index in [2.05, 4.69) is 4.72 Å². The highest BCUT2D eigenvalue weighted by atomic mass is 35.5. The first kappa shape index (κ1) is 18.9. The number of nitrogens with one attached hydrogen (secondary N) is 1. The summed E-state index contributed by atoms with van der Waals surface area (Å²) in [5.74, 6) is -1.32. The van der Waals surface area contributed by atoms with Crippen LogP contribution in [-0.2, 0) is 14.8 Å². The number of ether oxygens (including phenoxy) is 1. The number of halogens is 2. The van der Waals surface area contributed by atoms with Gasteiger partial charge in [-0.05, 0) is 37.4 Å². The van der Waals surface area contributed by atoms with Crippen molar-refractivity contribution >= 4 is 56.3 Å². The van der Waals surface area contributed by atoms with Crippen LogP contribution in [0, 0.1) is 0 Å². The Hall–Kier alpha value is -1.45. The standard InChI is InChI=1S/C14H11Cl2NO5S2/c1-17-24(20,21)8-2-3-10(15)9(6-8)14(19)22-7-11(18)12-4-5-13(16)23-12/h2-6,17H,7H2,1H3. The molecular formula is C14H11Cl2NO5S2. The van der Waals surface area contributed by atoms with Gasteiger partial charge in [0.2, 0.25) is 15.8 Å². The summed E-state index contributed by atoms with van der Waals surface area (Å²) in [7, 11) is -2.50. The summed E-state index contributed by atoms with van der Waals surface area (Å²) >= 11 is 12.7. The molecular weight excluding hydrogens is 397 g/mol. The van der Waals surface area contributed by atoms with Crippen molar-refractivity contribution in [3.63, 3.8) is 0 Å². The lowest BCUT2D eigenvalue weighted by Gasteiger charge is -2.08. The van der Waals surface area contributed by atoms with Gasteiger partial charge in [-0.2, -0.15) is 0 Å². The molecule has 0 amide bonds. The van der Waals surface area contributed by atoms with E-state index < -0.39 is 28.4 Å². The third kappa shape index (κ3) is 4.34. The topological polar surface area (TPSA) is 89.5 Å². The first-order chi connectivity index (χ1) is 11.2. The predicted octanol–water partition coefficient (Wildman–Crippen LogP) is 3.00. The minimum atomic E-state index is -3.74. The van der Waals surface area contributed by atoms with Crippen molar-refractivity contribution in [1.82, 2.24) is 4.72 Å². The molecule has 0 atom stereocenters. The summed E-state index contributed by atoms with van der Waals surface area (Å²) in [6, 6.07) is 6.69. The number of carbonyl (C=O) groups is 2. The number of carbonyl (C=O) groups excluding carboxylic acids is 2. The van der Waals surface area contributed by atoms with Gasteiger partial charge >= 0.3 is 5.97 Å². The quantitative estimate of drug-likeness (QED) is 0.586. The van der Waals surface area contributed by atoms with E-state index in [1.54, 1.807) is 6.07 Å². The zero-order chi connectivity index (χ0) is 17.9. The molecule has 0 radical (unpaired) electrons. The van der Waals surface area contributed by atoms with Crippen LogP contribution in [0.4, 0.5) is 0 Å². The minimum Gasteiger partial charge on any atom is -0.454 e. The molecule has 10 heteroatoms. The van der Waals surface area contributed by atoms with Crippen LogP contribution in [0.25, 0.3) is 0 Å². The van der Waals surface area contributed by atoms with E-state index in [0.29, 0.717) is 9.21 Å².